The van der Waals surface area contributed by atoms with Gasteiger partial charge in [-0.2, -0.15) is 0 Å². The summed E-state index contributed by atoms with van der Waals surface area (Å²) in [5.74, 6) is 2.67. The third-order valence-corrected chi connectivity index (χ3v) is 8.37. The lowest BCUT2D eigenvalue weighted by Gasteiger charge is -2.23. The summed E-state index contributed by atoms with van der Waals surface area (Å²) in [5.41, 5.74) is 4.94. The molecular formula is C33H39FNO3+. The highest BCUT2D eigenvalue weighted by molar-refractivity contribution is 5.96. The second-order valence-corrected chi connectivity index (χ2v) is 10.8. The number of carbonyl (C=O) groups excluding carboxylic acids is 1. The molecule has 3 aromatic rings. The predicted octanol–water partition coefficient (Wildman–Crippen LogP) is 6.05. The molecule has 1 aliphatic heterocycles. The first-order valence-electron chi connectivity index (χ1n) is 14.1. The number of rotatable bonds is 10. The molecule has 1 heterocycles. The summed E-state index contributed by atoms with van der Waals surface area (Å²) in [6.45, 7) is 9.12. The van der Waals surface area contributed by atoms with Crippen LogP contribution in [-0.2, 0) is 6.54 Å². The number of ketones is 1. The fourth-order valence-electron chi connectivity index (χ4n) is 6.73. The lowest BCUT2D eigenvalue weighted by molar-refractivity contribution is -0.927. The van der Waals surface area contributed by atoms with Crippen LogP contribution in [0.25, 0.3) is 11.1 Å². The molecule has 1 N–H and O–H groups in total. The van der Waals surface area contributed by atoms with E-state index in [4.69, 9.17) is 9.47 Å². The number of quaternary nitrogens is 1. The minimum absolute atomic E-state index is 0.260. The van der Waals surface area contributed by atoms with Crippen LogP contribution >= 0.6 is 0 Å². The van der Waals surface area contributed by atoms with Gasteiger partial charge in [0.1, 0.15) is 23.9 Å². The quantitative estimate of drug-likeness (QED) is 0.333. The van der Waals surface area contributed by atoms with Gasteiger partial charge in [0.15, 0.2) is 5.78 Å². The number of ether oxygens (including phenoxy) is 2. The molecule has 4 atom stereocenters. The molecule has 0 amide bonds. The van der Waals surface area contributed by atoms with Crippen LogP contribution in [0.4, 0.5) is 4.39 Å². The highest BCUT2D eigenvalue weighted by Gasteiger charge is 2.47. The Morgan fingerprint density at radius 2 is 1.66 bits per heavy atom. The number of hydrogen-bond acceptors (Lipinski definition) is 3. The standard InChI is InChI=1S/C33H38FNO3/c1-4-37-31-18-23(19-32(38-5-2)33(31)24-9-12-27(34)13-10-24)21-35-16-15-28-25(11-14-29(28)35)20-30(36)26-8-6-7-22(3)17-26/h6-10,12-13,17-19,25,28-29H,4-5,11,14-16,20-21H2,1-3H3/p+1/t25?,28-,29+/m0/s1. The molecule has 2 unspecified atom stereocenters. The Hall–Kier alpha value is -3.18. The van der Waals surface area contributed by atoms with E-state index in [1.54, 1.807) is 17.0 Å². The van der Waals surface area contributed by atoms with Crippen LogP contribution in [0.3, 0.4) is 0 Å². The number of nitrogens with one attached hydrogen (secondary N) is 1. The van der Waals surface area contributed by atoms with E-state index in [1.165, 1.54) is 30.5 Å². The van der Waals surface area contributed by atoms with E-state index in [1.807, 2.05) is 45.0 Å². The van der Waals surface area contributed by atoms with Crippen LogP contribution in [-0.4, -0.2) is 31.6 Å². The topological polar surface area (TPSA) is 40.0 Å². The lowest BCUT2D eigenvalue weighted by Crippen LogP contribution is -3.12. The first-order chi connectivity index (χ1) is 18.5. The van der Waals surface area contributed by atoms with Crippen molar-refractivity contribution in [3.05, 3.63) is 83.2 Å². The Labute approximate surface area is 225 Å². The molecule has 1 saturated carbocycles. The summed E-state index contributed by atoms with van der Waals surface area (Å²) < 4.78 is 25.8. The van der Waals surface area contributed by atoms with Crippen molar-refractivity contribution < 1.29 is 23.6 Å². The zero-order valence-corrected chi connectivity index (χ0v) is 22.8. The van der Waals surface area contributed by atoms with Crippen LogP contribution < -0.4 is 14.4 Å². The molecule has 0 aromatic heterocycles. The summed E-state index contributed by atoms with van der Waals surface area (Å²) in [6, 6.07) is 19.4. The van der Waals surface area contributed by atoms with E-state index in [-0.39, 0.29) is 11.6 Å². The number of benzene rings is 3. The van der Waals surface area contributed by atoms with Crippen LogP contribution in [0, 0.1) is 24.6 Å². The normalized spacial score (nSPS) is 22.3. The highest BCUT2D eigenvalue weighted by atomic mass is 19.1. The second-order valence-electron chi connectivity index (χ2n) is 10.8. The van der Waals surface area contributed by atoms with Crippen molar-refractivity contribution in [1.82, 2.24) is 0 Å². The summed E-state index contributed by atoms with van der Waals surface area (Å²) in [4.78, 5) is 14.6. The molecule has 0 spiro atoms. The van der Waals surface area contributed by atoms with E-state index < -0.39 is 0 Å². The summed E-state index contributed by atoms with van der Waals surface area (Å²) in [5, 5.41) is 0. The molecule has 0 radical (unpaired) electrons. The van der Waals surface area contributed by atoms with Crippen molar-refractivity contribution in [3.8, 4) is 22.6 Å². The fraction of sp³-hybridized carbons (Fsp3) is 0.424. The van der Waals surface area contributed by atoms with Gasteiger partial charge < -0.3 is 14.4 Å². The number of likely N-dealkylation sites (tertiary alicyclic amines) is 1. The molecule has 3 aromatic carbocycles. The molecule has 5 heteroatoms. The van der Waals surface area contributed by atoms with Gasteiger partial charge in [0, 0.05) is 29.9 Å². The van der Waals surface area contributed by atoms with Crippen molar-refractivity contribution in [2.45, 2.75) is 59.0 Å². The number of hydrogen-bond donors (Lipinski definition) is 1. The van der Waals surface area contributed by atoms with Gasteiger partial charge >= 0.3 is 0 Å². The van der Waals surface area contributed by atoms with Gasteiger partial charge in [-0.25, -0.2) is 4.39 Å². The van der Waals surface area contributed by atoms with Crippen molar-refractivity contribution >= 4 is 5.78 Å². The average molecular weight is 517 g/mol. The maximum atomic E-state index is 13.6. The third kappa shape index (κ3) is 5.63. The van der Waals surface area contributed by atoms with E-state index in [0.717, 1.165) is 53.3 Å². The number of carbonyl (C=O) groups is 1. The lowest BCUT2D eigenvalue weighted by atomic mass is 9.87. The number of fused-ring (bicyclic) bond motifs is 1. The van der Waals surface area contributed by atoms with Crippen LogP contribution in [0.1, 0.15) is 61.0 Å². The van der Waals surface area contributed by atoms with Gasteiger partial charge in [0.25, 0.3) is 0 Å². The molecule has 38 heavy (non-hydrogen) atoms. The molecule has 200 valence electrons. The van der Waals surface area contributed by atoms with Gasteiger partial charge in [-0.05, 0) is 75.4 Å². The molecule has 4 nitrogen and oxygen atoms in total. The van der Waals surface area contributed by atoms with Crippen molar-refractivity contribution in [1.29, 1.82) is 0 Å². The molecule has 2 fully saturated rings. The summed E-state index contributed by atoms with van der Waals surface area (Å²) >= 11 is 0. The molecule has 0 bridgehead atoms. The first-order valence-corrected chi connectivity index (χ1v) is 14.1. The van der Waals surface area contributed by atoms with Gasteiger partial charge in [-0.3, -0.25) is 4.79 Å². The van der Waals surface area contributed by atoms with Crippen molar-refractivity contribution in [2.75, 3.05) is 19.8 Å². The molecule has 2 aliphatic rings. The van der Waals surface area contributed by atoms with Crippen LogP contribution in [0.5, 0.6) is 11.5 Å². The monoisotopic (exact) mass is 516 g/mol. The molecule has 5 rings (SSSR count). The first kappa shape index (κ1) is 26.4. The Morgan fingerprint density at radius 3 is 2.32 bits per heavy atom. The van der Waals surface area contributed by atoms with Gasteiger partial charge in [-0.1, -0.05) is 35.9 Å². The summed E-state index contributed by atoms with van der Waals surface area (Å²) in [7, 11) is 0. The Morgan fingerprint density at radius 1 is 0.947 bits per heavy atom. The second kappa shape index (κ2) is 11.7. The van der Waals surface area contributed by atoms with Gasteiger partial charge in [-0.15, -0.1) is 0 Å². The van der Waals surface area contributed by atoms with Gasteiger partial charge in [0.05, 0.1) is 31.4 Å². The maximum absolute atomic E-state index is 13.6. The molecular weight excluding hydrogens is 477 g/mol. The number of halogens is 1. The van der Waals surface area contributed by atoms with E-state index >= 15 is 0 Å². The number of Topliss-reactive ketones (excluding diaryl/α,β-unsaturated/α-hetero) is 1. The van der Waals surface area contributed by atoms with E-state index in [0.29, 0.717) is 37.5 Å². The van der Waals surface area contributed by atoms with Crippen LogP contribution in [0.2, 0.25) is 0 Å². The van der Waals surface area contributed by atoms with Crippen molar-refractivity contribution in [3.63, 3.8) is 0 Å². The minimum Gasteiger partial charge on any atom is -0.493 e. The Bertz CT molecular complexity index is 1240. The Kier molecular flexibility index (Phi) is 8.13. The summed E-state index contributed by atoms with van der Waals surface area (Å²) in [6.07, 6.45) is 4.15. The zero-order valence-electron chi connectivity index (χ0n) is 22.8. The number of aryl methyl sites for hydroxylation is 1. The smallest absolute Gasteiger partial charge is 0.163 e. The SMILES string of the molecule is CCOc1cc(C[NH+]2CC[C@H]3C(CC(=O)c4cccc(C)c4)CC[C@H]32)cc(OCC)c1-c1ccc(F)cc1. The fourth-order valence-corrected chi connectivity index (χ4v) is 6.73. The molecule has 1 aliphatic carbocycles. The molecule has 1 saturated heterocycles. The van der Waals surface area contributed by atoms with Crippen LogP contribution in [0.15, 0.2) is 60.7 Å². The average Bonchev–Trinajstić information content (AvgIpc) is 3.48. The minimum atomic E-state index is -0.260. The van der Waals surface area contributed by atoms with Gasteiger partial charge in [0.2, 0.25) is 0 Å². The van der Waals surface area contributed by atoms with E-state index in [2.05, 4.69) is 12.1 Å². The Balaban J connectivity index is 1.33. The third-order valence-electron chi connectivity index (χ3n) is 8.37. The largest absolute Gasteiger partial charge is 0.493 e. The highest BCUT2D eigenvalue weighted by Crippen LogP contribution is 2.41. The maximum Gasteiger partial charge on any atom is 0.163 e. The van der Waals surface area contributed by atoms with E-state index in [9.17, 15) is 9.18 Å². The van der Waals surface area contributed by atoms with Crippen molar-refractivity contribution in [2.24, 2.45) is 11.8 Å². The predicted molar refractivity (Wildman–Crippen MR) is 148 cm³/mol. The zero-order chi connectivity index (χ0) is 26.6.